The van der Waals surface area contributed by atoms with E-state index in [1.165, 1.54) is 71.5 Å². The first kappa shape index (κ1) is 40.2. The lowest BCUT2D eigenvalue weighted by Crippen LogP contribution is -2.14. The van der Waals surface area contributed by atoms with Crippen LogP contribution in [0.5, 0.6) is 0 Å². The largest absolute Gasteiger partial charge is 0.455 e. The Kier molecular flexibility index (Phi) is 8.93. The third kappa shape index (κ3) is 6.15. The highest BCUT2D eigenvalue weighted by Crippen LogP contribution is 2.51. The first-order valence-corrected chi connectivity index (χ1v) is 24.2. The molecule has 70 heavy (non-hydrogen) atoms. The van der Waals surface area contributed by atoms with Gasteiger partial charge in [-0.3, -0.25) is 0 Å². The van der Waals surface area contributed by atoms with Gasteiger partial charge in [-0.1, -0.05) is 190 Å². The third-order valence-electron chi connectivity index (χ3n) is 15.0. The van der Waals surface area contributed by atoms with Crippen molar-refractivity contribution < 1.29 is 4.42 Å². The molecule has 330 valence electrons. The summed E-state index contributed by atoms with van der Waals surface area (Å²) in [6.45, 7) is 4.70. The van der Waals surface area contributed by atoms with E-state index in [0.29, 0.717) is 0 Å². The monoisotopic (exact) mass is 894 g/mol. The molecular weight excluding hydrogens is 849 g/mol. The number of hydrogen-bond acceptors (Lipinski definition) is 2. The average Bonchev–Trinajstić information content (AvgIpc) is 4.04. The molecule has 0 fully saturated rings. The number of furan rings is 1. The molecule has 0 bridgehead atoms. The Labute approximate surface area is 406 Å². The van der Waals surface area contributed by atoms with Crippen LogP contribution in [-0.2, 0) is 5.41 Å². The molecule has 1 aliphatic carbocycles. The van der Waals surface area contributed by atoms with Crippen LogP contribution < -0.4 is 4.90 Å². The lowest BCUT2D eigenvalue weighted by Gasteiger charge is -2.29. The normalized spacial score (nSPS) is 12.8. The van der Waals surface area contributed by atoms with Gasteiger partial charge >= 0.3 is 0 Å². The summed E-state index contributed by atoms with van der Waals surface area (Å²) in [5.74, 6) is 0. The Morgan fingerprint density at radius 2 is 0.957 bits per heavy atom. The number of benzene rings is 11. The van der Waals surface area contributed by atoms with Gasteiger partial charge in [0.1, 0.15) is 11.2 Å². The quantitative estimate of drug-likeness (QED) is 0.159. The second-order valence-electron chi connectivity index (χ2n) is 19.2. The summed E-state index contributed by atoms with van der Waals surface area (Å²) < 4.78 is 9.23. The molecule has 3 nitrogen and oxygen atoms in total. The minimum Gasteiger partial charge on any atom is -0.455 e. The fourth-order valence-electron chi connectivity index (χ4n) is 11.6. The van der Waals surface area contributed by atoms with Crippen molar-refractivity contribution in [1.29, 1.82) is 0 Å². The number of fused-ring (bicyclic) bond motifs is 10. The summed E-state index contributed by atoms with van der Waals surface area (Å²) in [5.41, 5.74) is 20.6. The Morgan fingerprint density at radius 3 is 1.74 bits per heavy atom. The minimum atomic E-state index is -0.0804. The van der Waals surface area contributed by atoms with Gasteiger partial charge in [0.25, 0.3) is 0 Å². The maximum Gasteiger partial charge on any atom is 0.143 e. The summed E-state index contributed by atoms with van der Waals surface area (Å²) >= 11 is 0. The highest BCUT2D eigenvalue weighted by molar-refractivity contribution is 6.13. The van der Waals surface area contributed by atoms with Crippen LogP contribution in [0.25, 0.3) is 105 Å². The molecular formula is C67H46N2O. The fourth-order valence-corrected chi connectivity index (χ4v) is 11.6. The molecule has 2 heterocycles. The van der Waals surface area contributed by atoms with Crippen LogP contribution in [-0.4, -0.2) is 4.57 Å². The molecule has 14 rings (SSSR count). The van der Waals surface area contributed by atoms with Gasteiger partial charge in [-0.2, -0.15) is 0 Å². The highest BCUT2D eigenvalue weighted by atomic mass is 16.3. The van der Waals surface area contributed by atoms with Crippen molar-refractivity contribution in [1.82, 2.24) is 4.57 Å². The van der Waals surface area contributed by atoms with Gasteiger partial charge in [0.15, 0.2) is 0 Å². The Morgan fingerprint density at radius 1 is 0.371 bits per heavy atom. The van der Waals surface area contributed by atoms with Gasteiger partial charge in [-0.25, -0.2) is 0 Å². The number of anilines is 3. The van der Waals surface area contributed by atoms with Gasteiger partial charge in [0, 0.05) is 55.1 Å². The van der Waals surface area contributed by atoms with Gasteiger partial charge < -0.3 is 13.9 Å². The van der Waals surface area contributed by atoms with Crippen LogP contribution in [0.2, 0.25) is 0 Å². The average molecular weight is 895 g/mol. The molecule has 0 aliphatic heterocycles. The standard InChI is InChI=1S/C67H46N2O/c1-67(2)60-25-10-5-19-52(60)53-39-34-46(40-61(53)67)43-30-35-47(36-31-43)68(62-26-11-6-20-54(62)51-24-15-17-44-16-3-4-18-50(44)51)49-41-58(66-59(42-49)57-23-9-14-29-65(57)70-66)45-32-37-48(38-33-45)69-63-27-12-7-21-55(63)56-22-8-13-28-64(56)69/h3-42H,1-2H3. The SMILES string of the molecule is CC1(C)c2ccccc2-c2ccc(-c3ccc(N(c4cc(-c5ccc(-n6c7ccccc7c7ccccc76)cc5)c5oc6ccccc6c5c4)c4ccccc4-c4cccc5ccccc45)cc3)cc21. The molecule has 1 aliphatic rings. The zero-order valence-electron chi connectivity index (χ0n) is 38.9. The molecule has 0 radical (unpaired) electrons. The molecule has 0 amide bonds. The van der Waals surface area contributed by atoms with Crippen molar-refractivity contribution in [3.63, 3.8) is 0 Å². The predicted molar refractivity (Wildman–Crippen MR) is 294 cm³/mol. The summed E-state index contributed by atoms with van der Waals surface area (Å²) in [5, 5.41) is 7.08. The van der Waals surface area contributed by atoms with E-state index in [-0.39, 0.29) is 5.41 Å². The summed E-state index contributed by atoms with van der Waals surface area (Å²) in [4.78, 5) is 2.44. The van der Waals surface area contributed by atoms with E-state index in [9.17, 15) is 0 Å². The molecule has 0 N–H and O–H groups in total. The van der Waals surface area contributed by atoms with Crippen LogP contribution in [0.4, 0.5) is 17.1 Å². The van der Waals surface area contributed by atoms with E-state index in [2.05, 4.69) is 266 Å². The Hall–Kier alpha value is -8.92. The van der Waals surface area contributed by atoms with E-state index < -0.39 is 0 Å². The number of nitrogens with zero attached hydrogens (tertiary/aromatic N) is 2. The van der Waals surface area contributed by atoms with Crippen molar-refractivity contribution in [2.45, 2.75) is 19.3 Å². The van der Waals surface area contributed by atoms with Crippen LogP contribution in [0.3, 0.4) is 0 Å². The van der Waals surface area contributed by atoms with E-state index in [4.69, 9.17) is 4.42 Å². The van der Waals surface area contributed by atoms with E-state index >= 15 is 0 Å². The van der Waals surface area contributed by atoms with Crippen molar-refractivity contribution in [3.05, 3.63) is 254 Å². The van der Waals surface area contributed by atoms with Crippen LogP contribution in [0.15, 0.2) is 247 Å². The summed E-state index contributed by atoms with van der Waals surface area (Å²) in [6, 6.07) is 88.7. The van der Waals surface area contributed by atoms with Crippen LogP contribution >= 0.6 is 0 Å². The number of rotatable bonds is 7. The fraction of sp³-hybridized carbons (Fsp3) is 0.0448. The predicted octanol–water partition coefficient (Wildman–Crippen LogP) is 18.6. The minimum absolute atomic E-state index is 0.0804. The summed E-state index contributed by atoms with van der Waals surface area (Å²) in [7, 11) is 0. The lowest BCUT2D eigenvalue weighted by atomic mass is 9.81. The molecule has 0 atom stereocenters. The zero-order valence-corrected chi connectivity index (χ0v) is 38.9. The first-order chi connectivity index (χ1) is 34.5. The number of hydrogen-bond donors (Lipinski definition) is 0. The summed E-state index contributed by atoms with van der Waals surface area (Å²) in [6.07, 6.45) is 0. The van der Waals surface area contributed by atoms with Crippen LogP contribution in [0.1, 0.15) is 25.0 Å². The smallest absolute Gasteiger partial charge is 0.143 e. The van der Waals surface area contributed by atoms with E-state index in [1.54, 1.807) is 0 Å². The molecule has 0 unspecified atom stereocenters. The topological polar surface area (TPSA) is 21.3 Å². The van der Waals surface area contributed by atoms with Gasteiger partial charge in [-0.05, 0) is 122 Å². The molecule has 2 aromatic heterocycles. The molecule has 13 aromatic rings. The lowest BCUT2D eigenvalue weighted by molar-refractivity contribution is 0.660. The van der Waals surface area contributed by atoms with Gasteiger partial charge in [0.05, 0.1) is 16.7 Å². The van der Waals surface area contributed by atoms with Crippen molar-refractivity contribution in [3.8, 4) is 50.2 Å². The van der Waals surface area contributed by atoms with Crippen molar-refractivity contribution in [2.75, 3.05) is 4.90 Å². The number of para-hydroxylation sites is 4. The first-order valence-electron chi connectivity index (χ1n) is 24.2. The Balaban J connectivity index is 0.959. The van der Waals surface area contributed by atoms with Crippen molar-refractivity contribution in [2.24, 2.45) is 0 Å². The zero-order chi connectivity index (χ0) is 46.5. The molecule has 3 heteroatoms. The molecule has 11 aromatic carbocycles. The third-order valence-corrected chi connectivity index (χ3v) is 15.0. The molecule has 0 saturated carbocycles. The van der Waals surface area contributed by atoms with E-state index in [0.717, 1.165) is 61.4 Å². The molecule has 0 saturated heterocycles. The van der Waals surface area contributed by atoms with Crippen molar-refractivity contribution >= 4 is 71.6 Å². The second-order valence-corrected chi connectivity index (χ2v) is 19.2. The highest BCUT2D eigenvalue weighted by Gasteiger charge is 2.35. The van der Waals surface area contributed by atoms with E-state index in [1.807, 2.05) is 0 Å². The van der Waals surface area contributed by atoms with Gasteiger partial charge in [-0.15, -0.1) is 0 Å². The Bertz CT molecular complexity index is 4150. The second kappa shape index (κ2) is 15.6. The maximum atomic E-state index is 6.85. The molecule has 0 spiro atoms. The maximum absolute atomic E-state index is 6.85. The van der Waals surface area contributed by atoms with Crippen LogP contribution in [0, 0.1) is 0 Å². The van der Waals surface area contributed by atoms with Gasteiger partial charge in [0.2, 0.25) is 0 Å². The number of aromatic nitrogens is 1.